The third kappa shape index (κ3) is 5.58. The molecule has 3 aliphatic heterocycles. The van der Waals surface area contributed by atoms with Crippen molar-refractivity contribution >= 4 is 0 Å². The molecular formula is C31H36N4O4. The number of hydrogen-bond donors (Lipinski definition) is 0. The number of ether oxygens (including phenoxy) is 2. The molecule has 0 aliphatic carbocycles. The van der Waals surface area contributed by atoms with E-state index >= 15 is 0 Å². The van der Waals surface area contributed by atoms with E-state index in [1.54, 1.807) is 26.7 Å². The Kier molecular flexibility index (Phi) is 7.39. The summed E-state index contributed by atoms with van der Waals surface area (Å²) in [6.45, 7) is 6.65. The van der Waals surface area contributed by atoms with E-state index in [0.717, 1.165) is 73.4 Å². The number of nitrogens with zero attached hydrogens (tertiary/aromatic N) is 4. The van der Waals surface area contributed by atoms with Gasteiger partial charge in [0.1, 0.15) is 17.3 Å². The van der Waals surface area contributed by atoms with Crippen LogP contribution in [-0.4, -0.2) is 59.7 Å². The number of furan rings is 2. The lowest BCUT2D eigenvalue weighted by Gasteiger charge is -2.50. The number of aromatic nitrogens is 2. The summed E-state index contributed by atoms with van der Waals surface area (Å²) in [6.07, 6.45) is 5.85. The SMILES string of the molecule is COc1ccc(-c2cc([C@H]3CN4CC[C@H]3C[C@@H]4CN(Cc3ccco3)Cc3ccco3)nc(C)n2)cc1OC. The van der Waals surface area contributed by atoms with Crippen LogP contribution in [0.3, 0.4) is 0 Å². The molecule has 7 rings (SSSR count). The van der Waals surface area contributed by atoms with E-state index in [2.05, 4.69) is 15.9 Å². The highest BCUT2D eigenvalue weighted by Crippen LogP contribution is 2.42. The molecular weight excluding hydrogens is 492 g/mol. The highest BCUT2D eigenvalue weighted by Gasteiger charge is 2.42. The molecule has 0 spiro atoms. The van der Waals surface area contributed by atoms with Gasteiger partial charge in [0.2, 0.25) is 0 Å². The van der Waals surface area contributed by atoms with Gasteiger partial charge in [-0.05, 0) is 80.8 Å². The van der Waals surface area contributed by atoms with Crippen molar-refractivity contribution < 1.29 is 18.3 Å². The predicted molar refractivity (Wildman–Crippen MR) is 148 cm³/mol. The number of aryl methyl sites for hydroxylation is 1. The minimum absolute atomic E-state index is 0.402. The van der Waals surface area contributed by atoms with Gasteiger partial charge in [-0.1, -0.05) is 0 Å². The number of hydrogen-bond acceptors (Lipinski definition) is 8. The highest BCUT2D eigenvalue weighted by atomic mass is 16.5. The van der Waals surface area contributed by atoms with Gasteiger partial charge in [-0.15, -0.1) is 0 Å². The van der Waals surface area contributed by atoms with E-state index in [1.807, 2.05) is 49.4 Å². The van der Waals surface area contributed by atoms with Crippen LogP contribution in [0.5, 0.6) is 11.5 Å². The highest BCUT2D eigenvalue weighted by molar-refractivity contribution is 5.64. The smallest absolute Gasteiger partial charge is 0.161 e. The lowest BCUT2D eigenvalue weighted by Crippen LogP contribution is -2.56. The second kappa shape index (κ2) is 11.2. The van der Waals surface area contributed by atoms with Crippen LogP contribution in [0.4, 0.5) is 0 Å². The Bertz CT molecular complexity index is 1340. The molecule has 4 atom stereocenters. The summed E-state index contributed by atoms with van der Waals surface area (Å²) in [7, 11) is 3.31. The third-order valence-corrected chi connectivity index (χ3v) is 8.18. The van der Waals surface area contributed by atoms with Gasteiger partial charge < -0.3 is 18.3 Å². The van der Waals surface area contributed by atoms with Crippen molar-refractivity contribution in [2.24, 2.45) is 5.92 Å². The van der Waals surface area contributed by atoms with Crippen molar-refractivity contribution in [1.29, 1.82) is 0 Å². The summed E-state index contributed by atoms with van der Waals surface area (Å²) in [5, 5.41) is 0. The molecule has 3 aliphatic rings. The van der Waals surface area contributed by atoms with Gasteiger partial charge >= 0.3 is 0 Å². The van der Waals surface area contributed by atoms with Crippen LogP contribution in [0.25, 0.3) is 11.3 Å². The molecule has 8 nitrogen and oxygen atoms in total. The number of benzene rings is 1. The fourth-order valence-corrected chi connectivity index (χ4v) is 6.32. The van der Waals surface area contributed by atoms with E-state index in [4.69, 9.17) is 28.3 Å². The number of methoxy groups -OCH3 is 2. The van der Waals surface area contributed by atoms with Gasteiger partial charge in [0.15, 0.2) is 11.5 Å². The average molecular weight is 529 g/mol. The van der Waals surface area contributed by atoms with Gasteiger partial charge in [0, 0.05) is 36.3 Å². The Balaban J connectivity index is 1.19. The molecule has 2 bridgehead atoms. The second-order valence-electron chi connectivity index (χ2n) is 10.7. The van der Waals surface area contributed by atoms with Gasteiger partial charge in [-0.2, -0.15) is 0 Å². The molecule has 3 aromatic heterocycles. The minimum Gasteiger partial charge on any atom is -0.493 e. The van der Waals surface area contributed by atoms with Crippen molar-refractivity contribution in [3.63, 3.8) is 0 Å². The first-order chi connectivity index (χ1) is 19.1. The lowest BCUT2D eigenvalue weighted by atomic mass is 9.74. The maximum absolute atomic E-state index is 5.68. The van der Waals surface area contributed by atoms with E-state index in [1.165, 1.54) is 6.42 Å². The van der Waals surface area contributed by atoms with Gasteiger partial charge in [0.05, 0.1) is 45.5 Å². The zero-order valence-corrected chi connectivity index (χ0v) is 22.9. The average Bonchev–Trinajstić information content (AvgIpc) is 3.67. The molecule has 1 unspecified atom stereocenters. The Morgan fingerprint density at radius 2 is 1.69 bits per heavy atom. The van der Waals surface area contributed by atoms with E-state index in [0.29, 0.717) is 29.4 Å². The second-order valence-corrected chi connectivity index (χ2v) is 10.7. The Labute approximate surface area is 229 Å². The van der Waals surface area contributed by atoms with E-state index < -0.39 is 0 Å². The van der Waals surface area contributed by atoms with E-state index in [-0.39, 0.29) is 0 Å². The summed E-state index contributed by atoms with van der Waals surface area (Å²) in [5.74, 6) is 5.18. The molecule has 0 amide bonds. The van der Waals surface area contributed by atoms with E-state index in [9.17, 15) is 0 Å². The molecule has 1 aromatic carbocycles. The molecule has 0 radical (unpaired) electrons. The first-order valence-electron chi connectivity index (χ1n) is 13.7. The maximum Gasteiger partial charge on any atom is 0.161 e. The molecule has 8 heteroatoms. The number of piperidine rings is 3. The first kappa shape index (κ1) is 25.6. The Morgan fingerprint density at radius 1 is 0.949 bits per heavy atom. The van der Waals surface area contributed by atoms with Crippen molar-refractivity contribution in [3.8, 4) is 22.8 Å². The van der Waals surface area contributed by atoms with Gasteiger partial charge in [-0.25, -0.2) is 9.97 Å². The quantitative estimate of drug-likeness (QED) is 0.266. The van der Waals surface area contributed by atoms with Crippen LogP contribution in [0, 0.1) is 12.8 Å². The molecule has 0 N–H and O–H groups in total. The predicted octanol–water partition coefficient (Wildman–Crippen LogP) is 5.54. The van der Waals surface area contributed by atoms with Crippen molar-refractivity contribution in [2.45, 2.75) is 44.8 Å². The Morgan fingerprint density at radius 3 is 2.31 bits per heavy atom. The minimum atomic E-state index is 0.402. The van der Waals surface area contributed by atoms with Crippen LogP contribution >= 0.6 is 0 Å². The maximum atomic E-state index is 5.68. The van der Waals surface area contributed by atoms with Crippen LogP contribution in [0.1, 0.15) is 41.8 Å². The van der Waals surface area contributed by atoms with Gasteiger partial charge in [0.25, 0.3) is 0 Å². The van der Waals surface area contributed by atoms with Crippen LogP contribution in [0.15, 0.2) is 69.9 Å². The third-order valence-electron chi connectivity index (χ3n) is 8.18. The van der Waals surface area contributed by atoms with Crippen LogP contribution in [-0.2, 0) is 13.1 Å². The summed E-state index contributed by atoms with van der Waals surface area (Å²) < 4.78 is 22.3. The summed E-state index contributed by atoms with van der Waals surface area (Å²) in [5.41, 5.74) is 3.07. The molecule has 4 aromatic rings. The first-order valence-corrected chi connectivity index (χ1v) is 13.7. The zero-order chi connectivity index (χ0) is 26.8. The molecule has 39 heavy (non-hydrogen) atoms. The summed E-state index contributed by atoms with van der Waals surface area (Å²) in [6, 6.07) is 16.6. The normalized spacial score (nSPS) is 22.4. The van der Waals surface area contributed by atoms with Crippen molar-refractivity contribution in [1.82, 2.24) is 19.8 Å². The number of fused-ring (bicyclic) bond motifs is 3. The fourth-order valence-electron chi connectivity index (χ4n) is 6.32. The van der Waals surface area contributed by atoms with Crippen LogP contribution in [0.2, 0.25) is 0 Å². The Hall–Kier alpha value is -3.62. The van der Waals surface area contributed by atoms with Crippen molar-refractivity contribution in [2.75, 3.05) is 33.9 Å². The molecule has 3 fully saturated rings. The number of rotatable bonds is 10. The van der Waals surface area contributed by atoms with Crippen LogP contribution < -0.4 is 9.47 Å². The molecule has 204 valence electrons. The zero-order valence-electron chi connectivity index (χ0n) is 22.9. The molecule has 6 heterocycles. The molecule has 0 saturated carbocycles. The molecule has 3 saturated heterocycles. The standard InChI is InChI=1S/C31H36N4O4/c1-21-32-28(23-8-9-30(36-2)31(15-23)37-3)16-29(33-21)27-20-35-11-10-22(27)14-24(35)17-34(18-25-6-4-12-38-25)19-26-7-5-13-39-26/h4-9,12-13,15-16,22,24,27H,10-11,14,17-20H2,1-3H3/t22-,24+,27-/m0/s1. The summed E-state index contributed by atoms with van der Waals surface area (Å²) in [4.78, 5) is 14.8. The topological polar surface area (TPSA) is 77.0 Å². The largest absolute Gasteiger partial charge is 0.493 e. The van der Waals surface area contributed by atoms with Gasteiger partial charge in [-0.3, -0.25) is 9.80 Å². The monoisotopic (exact) mass is 528 g/mol. The lowest BCUT2D eigenvalue weighted by molar-refractivity contribution is 0.00651. The van der Waals surface area contributed by atoms with Crippen molar-refractivity contribution in [3.05, 3.63) is 84.1 Å². The fraction of sp³-hybridized carbons (Fsp3) is 0.419. The summed E-state index contributed by atoms with van der Waals surface area (Å²) >= 11 is 0.